The molecule has 0 radical (unpaired) electrons. The van der Waals surface area contributed by atoms with Gasteiger partial charge in [-0.3, -0.25) is 9.91 Å². The van der Waals surface area contributed by atoms with E-state index in [-0.39, 0.29) is 0 Å². The van der Waals surface area contributed by atoms with Crippen molar-refractivity contribution in [2.24, 2.45) is 5.10 Å². The topological polar surface area (TPSA) is 18.8 Å². The van der Waals surface area contributed by atoms with Gasteiger partial charge in [0, 0.05) is 47.5 Å². The molecule has 1 fully saturated rings. The van der Waals surface area contributed by atoms with Crippen LogP contribution in [-0.2, 0) is 6.54 Å². The van der Waals surface area contributed by atoms with Crippen LogP contribution in [0.2, 0.25) is 5.02 Å². The largest absolute Gasteiger partial charge is 0.295 e. The molecule has 2 aromatic rings. The third-order valence-electron chi connectivity index (χ3n) is 3.81. The quantitative estimate of drug-likeness (QED) is 0.791. The summed E-state index contributed by atoms with van der Waals surface area (Å²) in [6.07, 6.45) is 1.97. The van der Waals surface area contributed by atoms with E-state index in [1.165, 1.54) is 15.3 Å². The van der Waals surface area contributed by atoms with Crippen LogP contribution in [0.25, 0.3) is 0 Å². The molecule has 0 bridgehead atoms. The number of halogens is 1. The molecule has 1 aliphatic rings. The first-order valence-corrected chi connectivity index (χ1v) is 8.71. The molecule has 3 nitrogen and oxygen atoms in total. The summed E-state index contributed by atoms with van der Waals surface area (Å²) < 4.78 is 0. The van der Waals surface area contributed by atoms with Crippen LogP contribution in [0, 0.1) is 6.92 Å². The molecule has 0 saturated carbocycles. The Hall–Kier alpha value is -1.36. The molecule has 3 rings (SSSR count). The minimum absolute atomic E-state index is 0.857. The molecule has 0 amide bonds. The highest BCUT2D eigenvalue weighted by Crippen LogP contribution is 2.18. The Kier molecular flexibility index (Phi) is 5.13. The average molecular weight is 334 g/mol. The molecular weight excluding hydrogens is 314 g/mol. The number of rotatable bonds is 4. The normalized spacial score (nSPS) is 16.5. The first-order chi connectivity index (χ1) is 10.7. The maximum Gasteiger partial charge on any atom is 0.0642 e. The van der Waals surface area contributed by atoms with Gasteiger partial charge in [0.2, 0.25) is 0 Å². The fraction of sp³-hybridized carbons (Fsp3) is 0.353. The summed E-state index contributed by atoms with van der Waals surface area (Å²) in [5.41, 5.74) is 1.20. The lowest BCUT2D eigenvalue weighted by molar-refractivity contribution is 0.131. The number of thiophene rings is 1. The van der Waals surface area contributed by atoms with Gasteiger partial charge in [-0.05, 0) is 30.7 Å². The Morgan fingerprint density at radius 2 is 1.91 bits per heavy atom. The van der Waals surface area contributed by atoms with E-state index in [4.69, 9.17) is 11.6 Å². The second kappa shape index (κ2) is 7.27. The van der Waals surface area contributed by atoms with Gasteiger partial charge in [-0.25, -0.2) is 0 Å². The zero-order valence-electron chi connectivity index (χ0n) is 12.7. The molecule has 1 saturated heterocycles. The molecular formula is C17H20ClN3S. The maximum atomic E-state index is 6.23. The molecule has 22 heavy (non-hydrogen) atoms. The Morgan fingerprint density at radius 1 is 1.14 bits per heavy atom. The van der Waals surface area contributed by atoms with Crippen molar-refractivity contribution in [3.8, 4) is 0 Å². The van der Waals surface area contributed by atoms with Gasteiger partial charge in [-0.15, -0.1) is 11.3 Å². The molecule has 0 unspecified atom stereocenters. The summed E-state index contributed by atoms with van der Waals surface area (Å²) in [4.78, 5) is 4.98. The first kappa shape index (κ1) is 15.5. The molecule has 116 valence electrons. The minimum atomic E-state index is 0.857. The van der Waals surface area contributed by atoms with Gasteiger partial charge in [0.1, 0.15) is 0 Å². The van der Waals surface area contributed by atoms with Crippen LogP contribution >= 0.6 is 22.9 Å². The second-order valence-electron chi connectivity index (χ2n) is 5.51. The van der Waals surface area contributed by atoms with E-state index in [1.807, 2.05) is 24.4 Å². The Balaban J connectivity index is 1.50. The predicted molar refractivity (Wildman–Crippen MR) is 95.0 cm³/mol. The van der Waals surface area contributed by atoms with Crippen molar-refractivity contribution in [1.82, 2.24) is 9.91 Å². The van der Waals surface area contributed by atoms with Crippen molar-refractivity contribution >= 4 is 29.2 Å². The van der Waals surface area contributed by atoms with E-state index >= 15 is 0 Å². The third-order valence-corrected chi connectivity index (χ3v) is 5.11. The van der Waals surface area contributed by atoms with Crippen LogP contribution in [0.1, 0.15) is 15.3 Å². The number of hydrogen-bond acceptors (Lipinski definition) is 4. The predicted octanol–water partition coefficient (Wildman–Crippen LogP) is 3.86. The highest BCUT2D eigenvalue weighted by Gasteiger charge is 2.16. The molecule has 0 spiro atoms. The summed E-state index contributed by atoms with van der Waals surface area (Å²) in [6, 6.07) is 12.3. The van der Waals surface area contributed by atoms with E-state index in [9.17, 15) is 0 Å². The third kappa shape index (κ3) is 4.09. The number of hydrazone groups is 1. The summed E-state index contributed by atoms with van der Waals surface area (Å²) in [5.74, 6) is 0. The van der Waals surface area contributed by atoms with Crippen LogP contribution < -0.4 is 0 Å². The maximum absolute atomic E-state index is 6.23. The number of aryl methyl sites for hydroxylation is 1. The molecule has 0 aliphatic carbocycles. The van der Waals surface area contributed by atoms with E-state index in [2.05, 4.69) is 40.1 Å². The van der Waals surface area contributed by atoms with Gasteiger partial charge in [0.25, 0.3) is 0 Å². The Labute approximate surface area is 140 Å². The molecule has 1 aliphatic heterocycles. The standard InChI is InChI=1S/C17H20ClN3S/c1-14-6-7-16(22-14)12-19-21-10-8-20(9-11-21)13-15-4-2-3-5-17(15)18/h2-7,12H,8-11,13H2,1H3. The van der Waals surface area contributed by atoms with E-state index in [0.717, 1.165) is 37.7 Å². The van der Waals surface area contributed by atoms with Crippen LogP contribution in [0.5, 0.6) is 0 Å². The zero-order valence-corrected chi connectivity index (χ0v) is 14.3. The van der Waals surface area contributed by atoms with Crippen LogP contribution in [0.4, 0.5) is 0 Å². The summed E-state index contributed by atoms with van der Waals surface area (Å²) in [7, 11) is 0. The van der Waals surface area contributed by atoms with E-state index in [0.29, 0.717) is 0 Å². The SMILES string of the molecule is Cc1ccc(C=NN2CCN(Cc3ccccc3Cl)CC2)s1. The Morgan fingerprint density at radius 3 is 2.59 bits per heavy atom. The summed E-state index contributed by atoms with van der Waals surface area (Å²) in [6.45, 7) is 7.01. The van der Waals surface area contributed by atoms with Gasteiger partial charge in [0.15, 0.2) is 0 Å². The molecule has 2 heterocycles. The fourth-order valence-corrected chi connectivity index (χ4v) is 3.48. The lowest BCUT2D eigenvalue weighted by atomic mass is 10.2. The van der Waals surface area contributed by atoms with E-state index in [1.54, 1.807) is 11.3 Å². The van der Waals surface area contributed by atoms with Gasteiger partial charge < -0.3 is 0 Å². The van der Waals surface area contributed by atoms with Gasteiger partial charge >= 0.3 is 0 Å². The molecule has 5 heteroatoms. The van der Waals surface area contributed by atoms with Crippen molar-refractivity contribution in [2.75, 3.05) is 26.2 Å². The van der Waals surface area contributed by atoms with Gasteiger partial charge in [-0.1, -0.05) is 29.8 Å². The van der Waals surface area contributed by atoms with Crippen LogP contribution in [0.15, 0.2) is 41.5 Å². The highest BCUT2D eigenvalue weighted by molar-refractivity contribution is 7.13. The lowest BCUT2D eigenvalue weighted by Crippen LogP contribution is -2.43. The monoisotopic (exact) mass is 333 g/mol. The van der Waals surface area contributed by atoms with Crippen molar-refractivity contribution in [2.45, 2.75) is 13.5 Å². The number of benzene rings is 1. The van der Waals surface area contributed by atoms with E-state index < -0.39 is 0 Å². The molecule has 1 aromatic carbocycles. The molecule has 0 atom stereocenters. The first-order valence-electron chi connectivity index (χ1n) is 7.52. The second-order valence-corrected chi connectivity index (χ2v) is 7.24. The summed E-state index contributed by atoms with van der Waals surface area (Å²) in [5, 5.41) is 7.60. The lowest BCUT2D eigenvalue weighted by Gasteiger charge is -2.33. The van der Waals surface area contributed by atoms with Crippen LogP contribution in [0.3, 0.4) is 0 Å². The average Bonchev–Trinajstić information content (AvgIpc) is 2.94. The Bertz CT molecular complexity index is 645. The number of hydrogen-bond donors (Lipinski definition) is 0. The van der Waals surface area contributed by atoms with Gasteiger partial charge in [0.05, 0.1) is 6.21 Å². The van der Waals surface area contributed by atoms with Crippen molar-refractivity contribution in [1.29, 1.82) is 0 Å². The van der Waals surface area contributed by atoms with Crippen molar-refractivity contribution in [3.63, 3.8) is 0 Å². The molecule has 0 N–H and O–H groups in total. The zero-order chi connectivity index (χ0) is 15.4. The van der Waals surface area contributed by atoms with Gasteiger partial charge in [-0.2, -0.15) is 5.10 Å². The molecule has 1 aromatic heterocycles. The smallest absolute Gasteiger partial charge is 0.0642 e. The van der Waals surface area contributed by atoms with Crippen LogP contribution in [-0.4, -0.2) is 42.3 Å². The summed E-state index contributed by atoms with van der Waals surface area (Å²) >= 11 is 8.01. The fourth-order valence-electron chi connectivity index (χ4n) is 2.54. The van der Waals surface area contributed by atoms with Crippen molar-refractivity contribution < 1.29 is 0 Å². The highest BCUT2D eigenvalue weighted by atomic mass is 35.5. The van der Waals surface area contributed by atoms with Crippen molar-refractivity contribution in [3.05, 3.63) is 56.7 Å². The minimum Gasteiger partial charge on any atom is -0.295 e. The number of piperazine rings is 1. The number of nitrogens with zero attached hydrogens (tertiary/aromatic N) is 3.